The molecule has 0 fully saturated rings. The molecule has 2 rings (SSSR count). The van der Waals surface area contributed by atoms with Crippen molar-refractivity contribution in [2.75, 3.05) is 7.11 Å². The lowest BCUT2D eigenvalue weighted by molar-refractivity contribution is 0.414. The van der Waals surface area contributed by atoms with Crippen molar-refractivity contribution in [1.82, 2.24) is 15.1 Å². The molecule has 1 N–H and O–H groups in total. The minimum atomic E-state index is 0.833. The SMILES string of the molecule is COc1ccc(CNCc2cnn(C)c2)cc1. The highest BCUT2D eigenvalue weighted by atomic mass is 16.5. The fourth-order valence-electron chi connectivity index (χ4n) is 1.66. The van der Waals surface area contributed by atoms with Crippen molar-refractivity contribution in [2.45, 2.75) is 13.1 Å². The molecule has 1 aromatic carbocycles. The van der Waals surface area contributed by atoms with Crippen LogP contribution in [0.4, 0.5) is 0 Å². The van der Waals surface area contributed by atoms with E-state index >= 15 is 0 Å². The fourth-order valence-corrected chi connectivity index (χ4v) is 1.66. The van der Waals surface area contributed by atoms with Crippen LogP contribution in [0, 0.1) is 0 Å². The van der Waals surface area contributed by atoms with E-state index in [4.69, 9.17) is 4.74 Å². The van der Waals surface area contributed by atoms with Crippen LogP contribution >= 0.6 is 0 Å². The van der Waals surface area contributed by atoms with Gasteiger partial charge in [-0.1, -0.05) is 12.1 Å². The Labute approximate surface area is 101 Å². The lowest BCUT2D eigenvalue weighted by Crippen LogP contribution is -2.12. The normalized spacial score (nSPS) is 10.5. The van der Waals surface area contributed by atoms with Crippen molar-refractivity contribution >= 4 is 0 Å². The van der Waals surface area contributed by atoms with Crippen LogP contribution in [0.3, 0.4) is 0 Å². The summed E-state index contributed by atoms with van der Waals surface area (Å²) in [5.41, 5.74) is 2.44. The standard InChI is InChI=1S/C13H17N3O/c1-16-10-12(9-15-16)8-14-7-11-3-5-13(17-2)6-4-11/h3-6,9-10,14H,7-8H2,1-2H3. The van der Waals surface area contributed by atoms with Gasteiger partial charge in [0.2, 0.25) is 0 Å². The molecular formula is C13H17N3O. The lowest BCUT2D eigenvalue weighted by atomic mass is 10.2. The van der Waals surface area contributed by atoms with Crippen LogP contribution in [0.2, 0.25) is 0 Å². The quantitative estimate of drug-likeness (QED) is 0.851. The van der Waals surface area contributed by atoms with Crippen molar-refractivity contribution in [3.05, 3.63) is 47.8 Å². The van der Waals surface area contributed by atoms with Crippen LogP contribution in [0.15, 0.2) is 36.7 Å². The van der Waals surface area contributed by atoms with E-state index in [1.165, 1.54) is 11.1 Å². The second-order valence-corrected chi connectivity index (χ2v) is 3.97. The van der Waals surface area contributed by atoms with Gasteiger partial charge in [0.1, 0.15) is 5.75 Å². The molecule has 17 heavy (non-hydrogen) atoms. The Morgan fingerprint density at radius 2 is 1.88 bits per heavy atom. The van der Waals surface area contributed by atoms with Crippen LogP contribution in [-0.4, -0.2) is 16.9 Å². The van der Waals surface area contributed by atoms with Gasteiger partial charge in [0, 0.05) is 31.9 Å². The van der Waals surface area contributed by atoms with Gasteiger partial charge in [-0.2, -0.15) is 5.10 Å². The van der Waals surface area contributed by atoms with Gasteiger partial charge in [-0.15, -0.1) is 0 Å². The first-order valence-electron chi connectivity index (χ1n) is 5.59. The second kappa shape index (κ2) is 5.50. The van der Waals surface area contributed by atoms with Crippen molar-refractivity contribution in [2.24, 2.45) is 7.05 Å². The van der Waals surface area contributed by atoms with E-state index in [9.17, 15) is 0 Å². The number of nitrogens with one attached hydrogen (secondary N) is 1. The number of methoxy groups -OCH3 is 1. The van der Waals surface area contributed by atoms with E-state index < -0.39 is 0 Å². The van der Waals surface area contributed by atoms with E-state index in [0.717, 1.165) is 18.8 Å². The first-order chi connectivity index (χ1) is 8.28. The molecule has 4 heteroatoms. The van der Waals surface area contributed by atoms with E-state index in [2.05, 4.69) is 22.5 Å². The molecule has 0 saturated heterocycles. The molecule has 0 atom stereocenters. The van der Waals surface area contributed by atoms with Gasteiger partial charge in [0.25, 0.3) is 0 Å². The van der Waals surface area contributed by atoms with Gasteiger partial charge < -0.3 is 10.1 Å². The Balaban J connectivity index is 1.81. The largest absolute Gasteiger partial charge is 0.497 e. The second-order valence-electron chi connectivity index (χ2n) is 3.97. The highest BCUT2D eigenvalue weighted by Gasteiger charge is 1.97. The predicted octanol–water partition coefficient (Wildman–Crippen LogP) is 1.72. The summed E-state index contributed by atoms with van der Waals surface area (Å²) in [6.07, 6.45) is 3.89. The molecule has 0 radical (unpaired) electrons. The van der Waals surface area contributed by atoms with Crippen LogP contribution < -0.4 is 10.1 Å². The summed E-state index contributed by atoms with van der Waals surface area (Å²) < 4.78 is 6.92. The number of nitrogens with zero attached hydrogens (tertiary/aromatic N) is 2. The van der Waals surface area contributed by atoms with Crippen LogP contribution in [0.25, 0.3) is 0 Å². The summed E-state index contributed by atoms with van der Waals surface area (Å²) in [5, 5.41) is 7.50. The third-order valence-corrected chi connectivity index (χ3v) is 2.58. The fraction of sp³-hybridized carbons (Fsp3) is 0.308. The number of aryl methyl sites for hydroxylation is 1. The Morgan fingerprint density at radius 3 is 2.47 bits per heavy atom. The molecule has 1 aromatic heterocycles. The highest BCUT2D eigenvalue weighted by Crippen LogP contribution is 2.11. The Bertz CT molecular complexity index is 462. The number of aromatic nitrogens is 2. The van der Waals surface area contributed by atoms with Crippen molar-refractivity contribution in [3.63, 3.8) is 0 Å². The number of rotatable bonds is 5. The Kier molecular flexibility index (Phi) is 3.77. The van der Waals surface area contributed by atoms with Gasteiger partial charge >= 0.3 is 0 Å². The summed E-state index contributed by atoms with van der Waals surface area (Å²) in [7, 11) is 3.60. The molecule has 0 spiro atoms. The summed E-state index contributed by atoms with van der Waals surface area (Å²) >= 11 is 0. The number of ether oxygens (including phenoxy) is 1. The highest BCUT2D eigenvalue weighted by molar-refractivity contribution is 5.27. The van der Waals surface area contributed by atoms with Crippen LogP contribution in [-0.2, 0) is 20.1 Å². The minimum absolute atomic E-state index is 0.833. The van der Waals surface area contributed by atoms with E-state index in [-0.39, 0.29) is 0 Å². The van der Waals surface area contributed by atoms with Crippen molar-refractivity contribution in [1.29, 1.82) is 0 Å². The molecule has 0 bridgehead atoms. The molecule has 0 unspecified atom stereocenters. The molecule has 0 aliphatic rings. The minimum Gasteiger partial charge on any atom is -0.497 e. The zero-order valence-corrected chi connectivity index (χ0v) is 10.2. The third-order valence-electron chi connectivity index (χ3n) is 2.58. The Hall–Kier alpha value is -1.81. The molecular weight excluding hydrogens is 214 g/mol. The molecule has 2 aromatic rings. The molecule has 0 saturated carbocycles. The Morgan fingerprint density at radius 1 is 1.18 bits per heavy atom. The summed E-state index contributed by atoms with van der Waals surface area (Å²) in [5.74, 6) is 0.890. The molecule has 0 aliphatic carbocycles. The van der Waals surface area contributed by atoms with E-state index in [0.29, 0.717) is 0 Å². The molecule has 0 aliphatic heterocycles. The summed E-state index contributed by atoms with van der Waals surface area (Å²) in [4.78, 5) is 0. The maximum atomic E-state index is 5.11. The zero-order chi connectivity index (χ0) is 12.1. The summed E-state index contributed by atoms with van der Waals surface area (Å²) in [6, 6.07) is 8.08. The number of hydrogen-bond donors (Lipinski definition) is 1. The molecule has 4 nitrogen and oxygen atoms in total. The topological polar surface area (TPSA) is 39.1 Å². The maximum Gasteiger partial charge on any atom is 0.118 e. The average molecular weight is 231 g/mol. The maximum absolute atomic E-state index is 5.11. The van der Waals surface area contributed by atoms with E-state index in [1.54, 1.807) is 7.11 Å². The van der Waals surface area contributed by atoms with Crippen LogP contribution in [0.5, 0.6) is 5.75 Å². The van der Waals surface area contributed by atoms with Gasteiger partial charge in [-0.3, -0.25) is 4.68 Å². The monoisotopic (exact) mass is 231 g/mol. The number of benzene rings is 1. The van der Waals surface area contributed by atoms with E-state index in [1.807, 2.05) is 36.3 Å². The van der Waals surface area contributed by atoms with Crippen molar-refractivity contribution < 1.29 is 4.74 Å². The summed E-state index contributed by atoms with van der Waals surface area (Å²) in [6.45, 7) is 1.68. The van der Waals surface area contributed by atoms with Crippen molar-refractivity contribution in [3.8, 4) is 5.75 Å². The smallest absolute Gasteiger partial charge is 0.118 e. The number of hydrogen-bond acceptors (Lipinski definition) is 3. The van der Waals surface area contributed by atoms with Gasteiger partial charge in [-0.25, -0.2) is 0 Å². The first-order valence-corrected chi connectivity index (χ1v) is 5.59. The molecule has 1 heterocycles. The molecule has 90 valence electrons. The van der Waals surface area contributed by atoms with Gasteiger partial charge in [-0.05, 0) is 17.7 Å². The van der Waals surface area contributed by atoms with Gasteiger partial charge in [0.05, 0.1) is 13.3 Å². The average Bonchev–Trinajstić information content (AvgIpc) is 2.76. The predicted molar refractivity (Wildman–Crippen MR) is 66.7 cm³/mol. The van der Waals surface area contributed by atoms with Crippen LogP contribution in [0.1, 0.15) is 11.1 Å². The lowest BCUT2D eigenvalue weighted by Gasteiger charge is -2.04. The molecule has 0 amide bonds. The third kappa shape index (κ3) is 3.32. The first kappa shape index (κ1) is 11.7. The van der Waals surface area contributed by atoms with Gasteiger partial charge in [0.15, 0.2) is 0 Å². The zero-order valence-electron chi connectivity index (χ0n) is 10.2.